The van der Waals surface area contributed by atoms with Gasteiger partial charge in [0, 0.05) is 25.6 Å². The zero-order chi connectivity index (χ0) is 14.8. The van der Waals surface area contributed by atoms with Crippen LogP contribution in [0.2, 0.25) is 0 Å². The predicted molar refractivity (Wildman–Crippen MR) is 76.5 cm³/mol. The Morgan fingerprint density at radius 2 is 2.10 bits per heavy atom. The Bertz CT molecular complexity index is 381. The summed E-state index contributed by atoms with van der Waals surface area (Å²) >= 11 is 0. The van der Waals surface area contributed by atoms with Crippen LogP contribution in [0.3, 0.4) is 0 Å². The molecule has 0 aromatic heterocycles. The Morgan fingerprint density at radius 1 is 1.35 bits per heavy atom. The number of carboxylic acids is 1. The molecule has 1 aliphatic heterocycles. The van der Waals surface area contributed by atoms with Crippen LogP contribution in [0, 0.1) is 11.3 Å². The molecule has 2 unspecified atom stereocenters. The van der Waals surface area contributed by atoms with Gasteiger partial charge in [-0.2, -0.15) is 0 Å². The van der Waals surface area contributed by atoms with Crippen LogP contribution < -0.4 is 5.32 Å². The number of carbonyl (C=O) groups excluding carboxylic acids is 1. The van der Waals surface area contributed by atoms with Crippen molar-refractivity contribution in [3.63, 3.8) is 0 Å². The van der Waals surface area contributed by atoms with E-state index in [1.807, 2.05) is 4.90 Å². The van der Waals surface area contributed by atoms with E-state index < -0.39 is 5.97 Å². The van der Waals surface area contributed by atoms with Crippen molar-refractivity contribution in [1.82, 2.24) is 10.2 Å². The van der Waals surface area contributed by atoms with E-state index in [9.17, 15) is 9.59 Å². The van der Waals surface area contributed by atoms with E-state index >= 15 is 0 Å². The molecule has 0 aromatic rings. The van der Waals surface area contributed by atoms with Crippen LogP contribution in [0.25, 0.3) is 0 Å². The van der Waals surface area contributed by atoms with Gasteiger partial charge in [-0.1, -0.05) is 20.3 Å². The van der Waals surface area contributed by atoms with Gasteiger partial charge in [-0.15, -0.1) is 0 Å². The second-order valence-corrected chi connectivity index (χ2v) is 6.92. The fraction of sp³-hybridized carbons (Fsp3) is 0.867. The van der Waals surface area contributed by atoms with Crippen LogP contribution in [-0.4, -0.2) is 41.1 Å². The van der Waals surface area contributed by atoms with Crippen LogP contribution >= 0.6 is 0 Å². The lowest BCUT2D eigenvalue weighted by molar-refractivity contribution is -0.137. The number of aliphatic carboxylic acids is 1. The molecular formula is C15H26N2O3. The first kappa shape index (κ1) is 15.1. The van der Waals surface area contributed by atoms with Gasteiger partial charge in [0.15, 0.2) is 0 Å². The lowest BCUT2D eigenvalue weighted by Crippen LogP contribution is -2.47. The molecule has 1 aliphatic carbocycles. The zero-order valence-electron chi connectivity index (χ0n) is 12.5. The Morgan fingerprint density at radius 3 is 2.70 bits per heavy atom. The zero-order valence-corrected chi connectivity index (χ0v) is 12.5. The Kier molecular flexibility index (Phi) is 4.55. The van der Waals surface area contributed by atoms with Crippen molar-refractivity contribution in [3.05, 3.63) is 0 Å². The van der Waals surface area contributed by atoms with E-state index in [4.69, 9.17) is 5.11 Å². The van der Waals surface area contributed by atoms with Crippen LogP contribution in [0.1, 0.15) is 52.4 Å². The number of carboxylic acid groups (broad SMARTS) is 1. The molecule has 20 heavy (non-hydrogen) atoms. The van der Waals surface area contributed by atoms with Gasteiger partial charge in [0.25, 0.3) is 0 Å². The summed E-state index contributed by atoms with van der Waals surface area (Å²) in [5.41, 5.74) is 0.193. The van der Waals surface area contributed by atoms with Crippen molar-refractivity contribution in [1.29, 1.82) is 0 Å². The molecule has 1 saturated carbocycles. The van der Waals surface area contributed by atoms with Gasteiger partial charge in [-0.05, 0) is 37.0 Å². The molecule has 0 bridgehead atoms. The van der Waals surface area contributed by atoms with E-state index in [0.717, 1.165) is 19.4 Å². The molecule has 0 spiro atoms. The molecule has 2 fully saturated rings. The summed E-state index contributed by atoms with van der Waals surface area (Å²) in [5.74, 6) is -0.408. The summed E-state index contributed by atoms with van der Waals surface area (Å²) in [7, 11) is 0. The number of carbonyl (C=O) groups is 2. The van der Waals surface area contributed by atoms with Crippen molar-refractivity contribution in [2.24, 2.45) is 11.3 Å². The van der Waals surface area contributed by atoms with Crippen molar-refractivity contribution in [2.75, 3.05) is 13.1 Å². The standard InChI is InChI=1S/C15H26N2O3/c1-15(2)8-3-4-12(15)16-14(20)17-9-7-11(10-17)5-6-13(18)19/h11-12H,3-10H2,1-2H3,(H,16,20)(H,18,19). The molecule has 2 amide bonds. The molecule has 0 aromatic carbocycles. The number of hydrogen-bond donors (Lipinski definition) is 2. The van der Waals surface area contributed by atoms with Gasteiger partial charge in [0.1, 0.15) is 0 Å². The molecule has 2 aliphatic rings. The summed E-state index contributed by atoms with van der Waals surface area (Å²) in [5, 5.41) is 11.9. The average molecular weight is 282 g/mol. The predicted octanol–water partition coefficient (Wildman–Crippen LogP) is 2.46. The SMILES string of the molecule is CC1(C)CCCC1NC(=O)N1CCC(CCC(=O)O)C1. The maximum Gasteiger partial charge on any atom is 0.317 e. The Hall–Kier alpha value is -1.26. The summed E-state index contributed by atoms with van der Waals surface area (Å²) < 4.78 is 0. The minimum atomic E-state index is -0.749. The molecule has 0 radical (unpaired) electrons. The molecule has 2 N–H and O–H groups in total. The maximum atomic E-state index is 12.3. The van der Waals surface area contributed by atoms with E-state index in [1.54, 1.807) is 0 Å². The van der Waals surface area contributed by atoms with Gasteiger partial charge in [-0.3, -0.25) is 4.79 Å². The number of urea groups is 1. The van der Waals surface area contributed by atoms with Gasteiger partial charge < -0.3 is 15.3 Å². The summed E-state index contributed by atoms with van der Waals surface area (Å²) in [6, 6.07) is 0.302. The van der Waals surface area contributed by atoms with Crippen molar-refractivity contribution in [2.45, 2.75) is 58.4 Å². The highest BCUT2D eigenvalue weighted by Gasteiger charge is 2.37. The largest absolute Gasteiger partial charge is 0.481 e. The molecule has 5 heteroatoms. The molecule has 2 atom stereocenters. The number of nitrogens with zero attached hydrogens (tertiary/aromatic N) is 1. The number of hydrogen-bond acceptors (Lipinski definition) is 2. The highest BCUT2D eigenvalue weighted by molar-refractivity contribution is 5.75. The molecule has 5 nitrogen and oxygen atoms in total. The van der Waals surface area contributed by atoms with Crippen molar-refractivity contribution >= 4 is 12.0 Å². The van der Waals surface area contributed by atoms with Gasteiger partial charge in [-0.25, -0.2) is 4.79 Å². The van der Waals surface area contributed by atoms with Gasteiger partial charge in [0.2, 0.25) is 0 Å². The Labute approximate surface area is 120 Å². The quantitative estimate of drug-likeness (QED) is 0.832. The smallest absolute Gasteiger partial charge is 0.317 e. The fourth-order valence-corrected chi connectivity index (χ4v) is 3.41. The van der Waals surface area contributed by atoms with Crippen LogP contribution in [-0.2, 0) is 4.79 Å². The molecule has 2 rings (SSSR count). The first-order chi connectivity index (χ1) is 9.38. The minimum absolute atomic E-state index is 0.0304. The summed E-state index contributed by atoms with van der Waals surface area (Å²) in [4.78, 5) is 24.7. The summed E-state index contributed by atoms with van der Waals surface area (Å²) in [6.07, 6.45) is 5.21. The number of nitrogens with one attached hydrogen (secondary N) is 1. The van der Waals surface area contributed by atoms with Gasteiger partial charge in [0.05, 0.1) is 0 Å². The number of amides is 2. The molecule has 114 valence electrons. The first-order valence-corrected chi connectivity index (χ1v) is 7.66. The van der Waals surface area contributed by atoms with Crippen molar-refractivity contribution in [3.8, 4) is 0 Å². The van der Waals surface area contributed by atoms with Crippen LogP contribution in [0.15, 0.2) is 0 Å². The van der Waals surface area contributed by atoms with Crippen LogP contribution in [0.4, 0.5) is 4.79 Å². The van der Waals surface area contributed by atoms with Crippen LogP contribution in [0.5, 0.6) is 0 Å². The third-order valence-corrected chi connectivity index (χ3v) is 4.89. The lowest BCUT2D eigenvalue weighted by Gasteiger charge is -2.30. The molecular weight excluding hydrogens is 256 g/mol. The summed E-state index contributed by atoms with van der Waals surface area (Å²) in [6.45, 7) is 5.88. The third kappa shape index (κ3) is 3.64. The van der Waals surface area contributed by atoms with Crippen molar-refractivity contribution < 1.29 is 14.7 Å². The van der Waals surface area contributed by atoms with E-state index in [0.29, 0.717) is 18.9 Å². The third-order valence-electron chi connectivity index (χ3n) is 4.89. The number of rotatable bonds is 4. The highest BCUT2D eigenvalue weighted by atomic mass is 16.4. The van der Waals surface area contributed by atoms with E-state index in [2.05, 4.69) is 19.2 Å². The van der Waals surface area contributed by atoms with Gasteiger partial charge >= 0.3 is 12.0 Å². The monoisotopic (exact) mass is 282 g/mol. The normalized spacial score (nSPS) is 28.6. The second-order valence-electron chi connectivity index (χ2n) is 6.92. The highest BCUT2D eigenvalue weighted by Crippen LogP contribution is 2.37. The van der Waals surface area contributed by atoms with E-state index in [1.165, 1.54) is 12.8 Å². The maximum absolute atomic E-state index is 12.3. The second kappa shape index (κ2) is 6.02. The number of likely N-dealkylation sites (tertiary alicyclic amines) is 1. The lowest BCUT2D eigenvalue weighted by atomic mass is 9.87. The van der Waals surface area contributed by atoms with E-state index in [-0.39, 0.29) is 23.9 Å². The molecule has 1 saturated heterocycles. The minimum Gasteiger partial charge on any atom is -0.481 e. The Balaban J connectivity index is 1.78. The fourth-order valence-electron chi connectivity index (χ4n) is 3.41. The first-order valence-electron chi connectivity index (χ1n) is 7.66. The topological polar surface area (TPSA) is 69.6 Å². The molecule has 1 heterocycles. The average Bonchev–Trinajstić information content (AvgIpc) is 2.94.